The maximum atomic E-state index is 13.7. The van der Waals surface area contributed by atoms with Crippen LogP contribution in [0.1, 0.15) is 30.2 Å². The van der Waals surface area contributed by atoms with E-state index in [4.69, 9.17) is 27.9 Å². The number of alkyl halides is 1. The first-order valence-electron chi connectivity index (χ1n) is 12.5. The highest BCUT2D eigenvalue weighted by Crippen LogP contribution is 2.24. The molecule has 1 aromatic heterocycles. The van der Waals surface area contributed by atoms with E-state index in [1.165, 1.54) is 21.8 Å². The van der Waals surface area contributed by atoms with Crippen LogP contribution in [0.3, 0.4) is 0 Å². The summed E-state index contributed by atoms with van der Waals surface area (Å²) in [5.74, 6) is -1.00. The third-order valence-electron chi connectivity index (χ3n) is 6.57. The van der Waals surface area contributed by atoms with Gasteiger partial charge in [0.25, 0.3) is 0 Å². The Morgan fingerprint density at radius 1 is 1.24 bits per heavy atom. The number of aldehydes is 1. The molecule has 0 N–H and O–H groups in total. The molecule has 206 valence electrons. The summed E-state index contributed by atoms with van der Waals surface area (Å²) in [6, 6.07) is 9.23. The molecule has 1 fully saturated rings. The maximum Gasteiger partial charge on any atom is 0.246 e. The molecule has 1 aliphatic heterocycles. The molecule has 2 aromatic rings. The lowest BCUT2D eigenvalue weighted by Crippen LogP contribution is -2.62. The molecule has 0 spiro atoms. The molecule has 0 bridgehead atoms. The topological polar surface area (TPSA) is 87.2 Å². The van der Waals surface area contributed by atoms with E-state index in [1.807, 2.05) is 29.6 Å². The molecule has 3 rings (SSSR count). The lowest BCUT2D eigenvalue weighted by molar-refractivity contribution is -0.159. The number of ether oxygens (including phenoxy) is 1. The molecular formula is C27H33Cl2N3O5S. The highest BCUT2D eigenvalue weighted by atomic mass is 35.5. The largest absolute Gasteiger partial charge is 0.383 e. The summed E-state index contributed by atoms with van der Waals surface area (Å²) in [4.78, 5) is 57.7. The Hall–Kier alpha value is -2.46. The van der Waals surface area contributed by atoms with Crippen LogP contribution in [0, 0.1) is 0 Å². The predicted octanol–water partition coefficient (Wildman–Crippen LogP) is 3.63. The van der Waals surface area contributed by atoms with Crippen molar-refractivity contribution in [2.24, 2.45) is 0 Å². The molecule has 3 unspecified atom stereocenters. The van der Waals surface area contributed by atoms with Crippen LogP contribution in [0.15, 0.2) is 41.8 Å². The molecule has 1 aromatic carbocycles. The van der Waals surface area contributed by atoms with E-state index in [9.17, 15) is 19.2 Å². The predicted molar refractivity (Wildman–Crippen MR) is 148 cm³/mol. The fourth-order valence-corrected chi connectivity index (χ4v) is 5.75. The zero-order chi connectivity index (χ0) is 27.7. The van der Waals surface area contributed by atoms with Gasteiger partial charge in [0.2, 0.25) is 17.7 Å². The van der Waals surface area contributed by atoms with Crippen molar-refractivity contribution in [1.82, 2.24) is 14.7 Å². The molecule has 0 aliphatic carbocycles. The smallest absolute Gasteiger partial charge is 0.246 e. The molecular weight excluding hydrogens is 549 g/mol. The van der Waals surface area contributed by atoms with Crippen LogP contribution in [0.4, 0.5) is 0 Å². The maximum absolute atomic E-state index is 13.7. The van der Waals surface area contributed by atoms with Gasteiger partial charge in [-0.15, -0.1) is 11.3 Å². The van der Waals surface area contributed by atoms with Crippen LogP contribution < -0.4 is 0 Å². The molecule has 8 nitrogen and oxygen atoms in total. The Morgan fingerprint density at radius 3 is 2.58 bits per heavy atom. The second-order valence-electron chi connectivity index (χ2n) is 9.07. The minimum atomic E-state index is -0.994. The molecule has 1 saturated heterocycles. The number of amides is 3. The van der Waals surface area contributed by atoms with Crippen molar-refractivity contribution in [1.29, 1.82) is 0 Å². The van der Waals surface area contributed by atoms with Gasteiger partial charge in [0.1, 0.15) is 17.8 Å². The number of methoxy groups -OCH3 is 1. The zero-order valence-electron chi connectivity index (χ0n) is 21.6. The number of hydrogen-bond donors (Lipinski definition) is 0. The van der Waals surface area contributed by atoms with Crippen LogP contribution in [0.2, 0.25) is 5.02 Å². The Balaban J connectivity index is 1.84. The molecule has 0 saturated carbocycles. The minimum Gasteiger partial charge on any atom is -0.383 e. The minimum absolute atomic E-state index is 0.0678. The SMILES string of the molecule is CCC(C=O)N(C(=O)CC1C(=O)N(CCOC)CC(=O)N1CCc1cccs1)C(Cl)Cc1ccc(Cl)cc1. The standard InChI is InChI=1S/C27H33Cl2N3O5S/c1-3-21(18-33)32(24(29)15-19-6-8-20(28)9-7-19)25(34)16-23-27(36)30(12-13-37-2)17-26(35)31(23)11-10-22-5-4-14-38-22/h4-9,14,18,21,23-24H,3,10-13,15-17H2,1-2H3. The van der Waals surface area contributed by atoms with E-state index >= 15 is 0 Å². The van der Waals surface area contributed by atoms with Crippen molar-refractivity contribution in [3.05, 3.63) is 57.2 Å². The molecule has 1 aliphatic rings. The van der Waals surface area contributed by atoms with Crippen LogP contribution in [0.5, 0.6) is 0 Å². The summed E-state index contributed by atoms with van der Waals surface area (Å²) in [5, 5.41) is 2.53. The number of rotatable bonds is 14. The van der Waals surface area contributed by atoms with Gasteiger partial charge in [0.15, 0.2) is 0 Å². The zero-order valence-corrected chi connectivity index (χ0v) is 23.9. The van der Waals surface area contributed by atoms with E-state index < -0.39 is 23.5 Å². The summed E-state index contributed by atoms with van der Waals surface area (Å²) in [6.07, 6.45) is 1.64. The first kappa shape index (κ1) is 30.1. The van der Waals surface area contributed by atoms with Gasteiger partial charge in [-0.05, 0) is 42.0 Å². The molecule has 2 heterocycles. The summed E-state index contributed by atoms with van der Waals surface area (Å²) in [5.41, 5.74) is 0.0116. The van der Waals surface area contributed by atoms with E-state index in [-0.39, 0.29) is 44.4 Å². The van der Waals surface area contributed by atoms with Gasteiger partial charge in [0, 0.05) is 36.5 Å². The average molecular weight is 583 g/mol. The van der Waals surface area contributed by atoms with Gasteiger partial charge in [-0.3, -0.25) is 14.4 Å². The average Bonchev–Trinajstić information content (AvgIpc) is 3.42. The third-order valence-corrected chi connectivity index (χ3v) is 8.12. The summed E-state index contributed by atoms with van der Waals surface area (Å²) in [6.45, 7) is 2.55. The number of thiophene rings is 1. The lowest BCUT2D eigenvalue weighted by atomic mass is 10.0. The van der Waals surface area contributed by atoms with E-state index in [0.29, 0.717) is 30.7 Å². The quantitative estimate of drug-likeness (QED) is 0.193. The van der Waals surface area contributed by atoms with Gasteiger partial charge in [-0.2, -0.15) is 0 Å². The molecule has 3 amide bonds. The van der Waals surface area contributed by atoms with Gasteiger partial charge in [-0.25, -0.2) is 0 Å². The Bertz CT molecular complexity index is 1080. The number of piperazine rings is 1. The van der Waals surface area contributed by atoms with Crippen molar-refractivity contribution in [2.45, 2.75) is 50.2 Å². The van der Waals surface area contributed by atoms with E-state index in [0.717, 1.165) is 10.4 Å². The summed E-state index contributed by atoms with van der Waals surface area (Å²) < 4.78 is 5.10. The number of benzene rings is 1. The first-order chi connectivity index (χ1) is 18.3. The number of carbonyl (C=O) groups is 4. The Labute approximate surface area is 237 Å². The highest BCUT2D eigenvalue weighted by Gasteiger charge is 2.42. The van der Waals surface area contributed by atoms with E-state index in [1.54, 1.807) is 30.4 Å². The Kier molecular flexibility index (Phi) is 11.6. The molecule has 11 heteroatoms. The van der Waals surface area contributed by atoms with Crippen molar-refractivity contribution >= 4 is 58.5 Å². The first-order valence-corrected chi connectivity index (χ1v) is 14.2. The normalized spacial score (nSPS) is 17.4. The molecule has 38 heavy (non-hydrogen) atoms. The lowest BCUT2D eigenvalue weighted by Gasteiger charge is -2.41. The van der Waals surface area contributed by atoms with E-state index in [2.05, 4.69) is 0 Å². The van der Waals surface area contributed by atoms with Crippen molar-refractivity contribution in [3.63, 3.8) is 0 Å². The van der Waals surface area contributed by atoms with Crippen molar-refractivity contribution < 1.29 is 23.9 Å². The summed E-state index contributed by atoms with van der Waals surface area (Å²) >= 11 is 14.3. The van der Waals surface area contributed by atoms with Crippen molar-refractivity contribution in [2.75, 3.05) is 33.4 Å². The second-order valence-corrected chi connectivity index (χ2v) is 11.0. The fourth-order valence-electron chi connectivity index (χ4n) is 4.50. The second kappa shape index (κ2) is 14.6. The fraction of sp³-hybridized carbons (Fsp3) is 0.481. The number of hydrogen-bond acceptors (Lipinski definition) is 6. The third kappa shape index (κ3) is 7.79. The monoisotopic (exact) mass is 581 g/mol. The molecule has 0 radical (unpaired) electrons. The van der Waals surface area contributed by atoms with Gasteiger partial charge in [-0.1, -0.05) is 48.3 Å². The summed E-state index contributed by atoms with van der Waals surface area (Å²) in [7, 11) is 1.52. The Morgan fingerprint density at radius 2 is 1.97 bits per heavy atom. The highest BCUT2D eigenvalue weighted by molar-refractivity contribution is 7.09. The number of carbonyl (C=O) groups excluding carboxylic acids is 4. The number of nitrogens with zero attached hydrogens (tertiary/aromatic N) is 3. The van der Waals surface area contributed by atoms with Gasteiger partial charge >= 0.3 is 0 Å². The van der Waals surface area contributed by atoms with Crippen LogP contribution in [0.25, 0.3) is 0 Å². The van der Waals surface area contributed by atoms with Gasteiger partial charge < -0.3 is 24.2 Å². The molecule has 3 atom stereocenters. The van der Waals surface area contributed by atoms with Crippen LogP contribution in [-0.4, -0.2) is 89.6 Å². The van der Waals surface area contributed by atoms with Gasteiger partial charge in [0.05, 0.1) is 25.6 Å². The van der Waals surface area contributed by atoms with Crippen LogP contribution in [-0.2, 0) is 36.8 Å². The van der Waals surface area contributed by atoms with Crippen LogP contribution >= 0.6 is 34.5 Å². The van der Waals surface area contributed by atoms with Crippen molar-refractivity contribution in [3.8, 4) is 0 Å². The number of halogens is 2.